The zero-order chi connectivity index (χ0) is 11.0. The zero-order valence-electron chi connectivity index (χ0n) is 9.61. The van der Waals surface area contributed by atoms with E-state index in [1.165, 1.54) is 37.1 Å². The molecule has 3 rings (SSSR count). The maximum absolute atomic E-state index is 5.87. The molecule has 0 aromatic carbocycles. The highest BCUT2D eigenvalue weighted by Crippen LogP contribution is 2.48. The average molecular weight is 236 g/mol. The van der Waals surface area contributed by atoms with Crippen molar-refractivity contribution in [3.8, 4) is 0 Å². The summed E-state index contributed by atoms with van der Waals surface area (Å²) in [4.78, 5) is 1.30. The molecule has 2 saturated carbocycles. The molecule has 88 valence electrons. The largest absolute Gasteiger partial charge is 0.398 e. The van der Waals surface area contributed by atoms with Gasteiger partial charge in [0.1, 0.15) is 0 Å². The molecule has 0 radical (unpaired) electrons. The molecule has 0 unspecified atom stereocenters. The smallest absolute Gasteiger partial charge is 0.0468 e. The van der Waals surface area contributed by atoms with Crippen LogP contribution >= 0.6 is 11.3 Å². The van der Waals surface area contributed by atoms with Gasteiger partial charge in [0, 0.05) is 17.1 Å². The van der Waals surface area contributed by atoms with Crippen LogP contribution in [-0.4, -0.2) is 6.54 Å². The summed E-state index contributed by atoms with van der Waals surface area (Å²) in [5, 5.41) is 5.68. The van der Waals surface area contributed by atoms with Crippen molar-refractivity contribution < 1.29 is 0 Å². The molecule has 0 saturated heterocycles. The fourth-order valence-electron chi connectivity index (χ4n) is 2.61. The summed E-state index contributed by atoms with van der Waals surface area (Å²) in [5.74, 6) is 3.04. The SMILES string of the molecule is Nc1ccsc1CNCC(C1CC1)C1CC1. The van der Waals surface area contributed by atoms with Gasteiger partial charge in [-0.25, -0.2) is 0 Å². The first-order valence-electron chi connectivity index (χ1n) is 6.37. The van der Waals surface area contributed by atoms with Crippen LogP contribution in [-0.2, 0) is 6.54 Å². The molecule has 0 spiro atoms. The van der Waals surface area contributed by atoms with Gasteiger partial charge in [-0.2, -0.15) is 0 Å². The minimum atomic E-state index is 0.951. The third kappa shape index (κ3) is 2.41. The summed E-state index contributed by atoms with van der Waals surface area (Å²) >= 11 is 1.76. The van der Waals surface area contributed by atoms with Gasteiger partial charge < -0.3 is 11.1 Å². The minimum Gasteiger partial charge on any atom is -0.398 e. The third-order valence-corrected chi connectivity index (χ3v) is 4.84. The van der Waals surface area contributed by atoms with Crippen LogP contribution in [0.5, 0.6) is 0 Å². The van der Waals surface area contributed by atoms with E-state index >= 15 is 0 Å². The average Bonchev–Trinajstić information content (AvgIpc) is 3.15. The molecule has 3 N–H and O–H groups in total. The Kier molecular flexibility index (Phi) is 2.90. The Morgan fingerprint density at radius 3 is 2.50 bits per heavy atom. The normalized spacial score (nSPS) is 20.6. The molecule has 2 aliphatic rings. The van der Waals surface area contributed by atoms with Crippen molar-refractivity contribution in [2.45, 2.75) is 32.2 Å². The van der Waals surface area contributed by atoms with Crippen LogP contribution in [0.3, 0.4) is 0 Å². The number of nitrogens with two attached hydrogens (primary N) is 1. The second-order valence-electron chi connectivity index (χ2n) is 5.27. The Morgan fingerprint density at radius 1 is 1.31 bits per heavy atom. The molecule has 2 aliphatic carbocycles. The number of nitrogen functional groups attached to an aromatic ring is 1. The number of rotatable bonds is 6. The van der Waals surface area contributed by atoms with Crippen molar-refractivity contribution in [1.29, 1.82) is 0 Å². The Balaban J connectivity index is 1.46. The maximum atomic E-state index is 5.87. The van der Waals surface area contributed by atoms with Gasteiger partial charge in [0.25, 0.3) is 0 Å². The van der Waals surface area contributed by atoms with Gasteiger partial charge >= 0.3 is 0 Å². The predicted octanol–water partition coefficient (Wildman–Crippen LogP) is 2.86. The Bertz CT molecular complexity index is 341. The van der Waals surface area contributed by atoms with Crippen molar-refractivity contribution in [1.82, 2.24) is 5.32 Å². The van der Waals surface area contributed by atoms with Gasteiger partial charge in [0.2, 0.25) is 0 Å². The van der Waals surface area contributed by atoms with E-state index in [0.717, 1.165) is 30.0 Å². The summed E-state index contributed by atoms with van der Waals surface area (Å²) < 4.78 is 0. The number of thiophene rings is 1. The molecule has 2 nitrogen and oxygen atoms in total. The van der Waals surface area contributed by atoms with Crippen LogP contribution in [0, 0.1) is 17.8 Å². The molecule has 0 bridgehead atoms. The second-order valence-corrected chi connectivity index (χ2v) is 6.27. The lowest BCUT2D eigenvalue weighted by Gasteiger charge is -2.15. The van der Waals surface area contributed by atoms with E-state index in [4.69, 9.17) is 5.73 Å². The molecule has 1 heterocycles. The van der Waals surface area contributed by atoms with Crippen molar-refractivity contribution in [2.75, 3.05) is 12.3 Å². The van der Waals surface area contributed by atoms with E-state index < -0.39 is 0 Å². The summed E-state index contributed by atoms with van der Waals surface area (Å²) in [6.45, 7) is 2.16. The highest BCUT2D eigenvalue weighted by Gasteiger charge is 2.40. The van der Waals surface area contributed by atoms with Gasteiger partial charge in [-0.15, -0.1) is 11.3 Å². The van der Waals surface area contributed by atoms with Crippen LogP contribution in [0.2, 0.25) is 0 Å². The fourth-order valence-corrected chi connectivity index (χ4v) is 3.38. The predicted molar refractivity (Wildman–Crippen MR) is 69.4 cm³/mol. The van der Waals surface area contributed by atoms with Crippen molar-refractivity contribution >= 4 is 17.0 Å². The third-order valence-electron chi connectivity index (χ3n) is 3.90. The molecule has 2 fully saturated rings. The molecular weight excluding hydrogens is 216 g/mol. The summed E-state index contributed by atoms with van der Waals surface area (Å²) in [5.41, 5.74) is 6.82. The molecule has 3 heteroatoms. The zero-order valence-corrected chi connectivity index (χ0v) is 10.4. The van der Waals surface area contributed by atoms with E-state index in [1.807, 2.05) is 6.07 Å². The standard InChI is InChI=1S/C13H20N2S/c14-12-5-6-16-13(12)8-15-7-11(9-1-2-9)10-3-4-10/h5-6,9-11,15H,1-4,7-8,14H2. The second kappa shape index (κ2) is 4.38. The molecule has 0 aliphatic heterocycles. The topological polar surface area (TPSA) is 38.0 Å². The number of anilines is 1. The van der Waals surface area contributed by atoms with E-state index in [2.05, 4.69) is 10.7 Å². The molecule has 16 heavy (non-hydrogen) atoms. The van der Waals surface area contributed by atoms with Crippen molar-refractivity contribution in [3.05, 3.63) is 16.3 Å². The van der Waals surface area contributed by atoms with E-state index in [9.17, 15) is 0 Å². The van der Waals surface area contributed by atoms with E-state index in [-0.39, 0.29) is 0 Å². The van der Waals surface area contributed by atoms with Gasteiger partial charge in [-0.1, -0.05) is 0 Å². The Hall–Kier alpha value is -0.540. The fraction of sp³-hybridized carbons (Fsp3) is 0.692. The lowest BCUT2D eigenvalue weighted by molar-refractivity contribution is 0.379. The number of nitrogens with one attached hydrogen (secondary N) is 1. The van der Waals surface area contributed by atoms with Gasteiger partial charge in [-0.3, -0.25) is 0 Å². The molecule has 1 aromatic heterocycles. The Morgan fingerprint density at radius 2 is 2.00 bits per heavy atom. The lowest BCUT2D eigenvalue weighted by Crippen LogP contribution is -2.25. The Labute approximate surface area is 101 Å². The minimum absolute atomic E-state index is 0.951. The first-order chi connectivity index (χ1) is 7.84. The molecular formula is C13H20N2S. The van der Waals surface area contributed by atoms with Crippen LogP contribution in [0.1, 0.15) is 30.6 Å². The van der Waals surface area contributed by atoms with Crippen LogP contribution < -0.4 is 11.1 Å². The van der Waals surface area contributed by atoms with Crippen LogP contribution in [0.4, 0.5) is 5.69 Å². The van der Waals surface area contributed by atoms with E-state index in [0.29, 0.717) is 0 Å². The lowest BCUT2D eigenvalue weighted by atomic mass is 9.98. The van der Waals surface area contributed by atoms with Crippen molar-refractivity contribution in [2.24, 2.45) is 17.8 Å². The monoisotopic (exact) mass is 236 g/mol. The molecule has 0 atom stereocenters. The molecule has 1 aromatic rings. The number of hydrogen-bond donors (Lipinski definition) is 2. The first-order valence-corrected chi connectivity index (χ1v) is 7.25. The van der Waals surface area contributed by atoms with Gasteiger partial charge in [-0.05, 0) is 61.4 Å². The molecule has 0 amide bonds. The quantitative estimate of drug-likeness (QED) is 0.797. The summed E-state index contributed by atoms with van der Waals surface area (Å²) in [6, 6.07) is 2.00. The highest BCUT2D eigenvalue weighted by molar-refractivity contribution is 7.10. The number of hydrogen-bond acceptors (Lipinski definition) is 3. The maximum Gasteiger partial charge on any atom is 0.0468 e. The van der Waals surface area contributed by atoms with Gasteiger partial charge in [0.05, 0.1) is 0 Å². The summed E-state index contributed by atoms with van der Waals surface area (Å²) in [7, 11) is 0. The van der Waals surface area contributed by atoms with Crippen molar-refractivity contribution in [3.63, 3.8) is 0 Å². The van der Waals surface area contributed by atoms with E-state index in [1.54, 1.807) is 11.3 Å². The van der Waals surface area contributed by atoms with Crippen LogP contribution in [0.15, 0.2) is 11.4 Å². The van der Waals surface area contributed by atoms with Gasteiger partial charge in [0.15, 0.2) is 0 Å². The summed E-state index contributed by atoms with van der Waals surface area (Å²) in [6.07, 6.45) is 5.90. The van der Waals surface area contributed by atoms with Crippen LogP contribution in [0.25, 0.3) is 0 Å². The first kappa shape index (κ1) is 10.6. The highest BCUT2D eigenvalue weighted by atomic mass is 32.1.